The molecule has 0 bridgehead atoms. The number of aliphatic imine (C=N–C) groups is 1. The van der Waals surface area contributed by atoms with E-state index in [9.17, 15) is 19.2 Å². The van der Waals surface area contributed by atoms with Gasteiger partial charge in [-0.2, -0.15) is 24.4 Å². The zero-order valence-electron chi connectivity index (χ0n) is 16.8. The van der Waals surface area contributed by atoms with Gasteiger partial charge in [-0.3, -0.25) is 19.4 Å². The van der Waals surface area contributed by atoms with Crippen LogP contribution in [-0.2, 0) is 19.2 Å². The SMILES string of the molecule is CSCCC(N)C(=O)NCC(=O)NC(CCCN=C(N)N)C(=O)NC(CS)C(=O)O. The van der Waals surface area contributed by atoms with Crippen LogP contribution >= 0.6 is 24.4 Å². The summed E-state index contributed by atoms with van der Waals surface area (Å²) in [5.41, 5.74) is 16.2. The minimum absolute atomic E-state index is 0.110. The van der Waals surface area contributed by atoms with Gasteiger partial charge < -0.3 is 38.3 Å². The molecule has 0 aliphatic carbocycles. The molecule has 3 amide bonds. The van der Waals surface area contributed by atoms with Crippen molar-refractivity contribution in [2.75, 3.05) is 30.9 Å². The number of nitrogens with two attached hydrogens (primary N) is 3. The molecule has 0 fully saturated rings. The van der Waals surface area contributed by atoms with Crippen LogP contribution in [0.3, 0.4) is 0 Å². The summed E-state index contributed by atoms with van der Waals surface area (Å²) >= 11 is 5.43. The number of amides is 3. The zero-order valence-corrected chi connectivity index (χ0v) is 18.5. The smallest absolute Gasteiger partial charge is 0.327 e. The number of aliphatic carboxylic acids is 1. The molecule has 0 spiro atoms. The van der Waals surface area contributed by atoms with Crippen molar-refractivity contribution in [3.8, 4) is 0 Å². The Bertz CT molecular complexity index is 617. The number of nitrogens with one attached hydrogen (secondary N) is 3. The normalized spacial score (nSPS) is 13.4. The first-order chi connectivity index (χ1) is 14.1. The topological polar surface area (TPSA) is 215 Å². The minimum Gasteiger partial charge on any atom is -0.480 e. The Morgan fingerprint density at radius 3 is 2.30 bits per heavy atom. The number of thioether (sulfide) groups is 1. The maximum atomic E-state index is 12.4. The number of carbonyl (C=O) groups excluding carboxylic acids is 3. The van der Waals surface area contributed by atoms with Crippen LogP contribution in [0.25, 0.3) is 0 Å². The monoisotopic (exact) mass is 465 g/mol. The van der Waals surface area contributed by atoms with Crippen LogP contribution in [0, 0.1) is 0 Å². The van der Waals surface area contributed by atoms with Gasteiger partial charge in [-0.25, -0.2) is 4.79 Å². The number of carboxylic acid groups (broad SMARTS) is 1. The lowest BCUT2D eigenvalue weighted by atomic mass is 10.1. The number of nitrogens with zero attached hydrogens (tertiary/aromatic N) is 1. The van der Waals surface area contributed by atoms with E-state index in [2.05, 4.69) is 33.6 Å². The number of rotatable bonds is 15. The highest BCUT2D eigenvalue weighted by atomic mass is 32.2. The molecule has 3 atom stereocenters. The highest BCUT2D eigenvalue weighted by Crippen LogP contribution is 2.01. The summed E-state index contributed by atoms with van der Waals surface area (Å²) in [5.74, 6) is -2.59. The second-order valence-corrected chi connectivity index (χ2v) is 7.61. The van der Waals surface area contributed by atoms with Crippen molar-refractivity contribution < 1.29 is 24.3 Å². The summed E-state index contributed by atoms with van der Waals surface area (Å²) in [6.45, 7) is -0.156. The van der Waals surface area contributed by atoms with Gasteiger partial charge in [-0.05, 0) is 31.3 Å². The van der Waals surface area contributed by atoms with Gasteiger partial charge in [-0.15, -0.1) is 0 Å². The van der Waals surface area contributed by atoms with Gasteiger partial charge in [0.15, 0.2) is 5.96 Å². The van der Waals surface area contributed by atoms with Crippen LogP contribution in [0.15, 0.2) is 4.99 Å². The molecule has 0 saturated carbocycles. The van der Waals surface area contributed by atoms with Gasteiger partial charge in [-0.1, -0.05) is 0 Å². The fraction of sp³-hybridized carbons (Fsp3) is 0.688. The van der Waals surface area contributed by atoms with Crippen LogP contribution in [0.1, 0.15) is 19.3 Å². The van der Waals surface area contributed by atoms with E-state index in [0.29, 0.717) is 18.6 Å². The molecule has 0 rings (SSSR count). The van der Waals surface area contributed by atoms with Crippen LogP contribution in [0.4, 0.5) is 0 Å². The van der Waals surface area contributed by atoms with Crippen molar-refractivity contribution in [2.45, 2.75) is 37.4 Å². The van der Waals surface area contributed by atoms with E-state index in [1.165, 1.54) is 0 Å². The van der Waals surface area contributed by atoms with Gasteiger partial charge in [0.2, 0.25) is 17.7 Å². The third-order valence-corrected chi connectivity index (χ3v) is 4.80. The summed E-state index contributed by atoms with van der Waals surface area (Å²) < 4.78 is 0. The van der Waals surface area contributed by atoms with Crippen molar-refractivity contribution in [3.63, 3.8) is 0 Å². The van der Waals surface area contributed by atoms with E-state index in [1.54, 1.807) is 11.8 Å². The fourth-order valence-electron chi connectivity index (χ4n) is 2.15. The maximum Gasteiger partial charge on any atom is 0.327 e. The Morgan fingerprint density at radius 2 is 1.77 bits per heavy atom. The zero-order chi connectivity index (χ0) is 23.1. The third kappa shape index (κ3) is 12.4. The summed E-state index contributed by atoms with van der Waals surface area (Å²) in [6, 6.07) is -3.00. The Kier molecular flexibility index (Phi) is 14.5. The lowest BCUT2D eigenvalue weighted by molar-refractivity contribution is -0.141. The molecule has 0 aliphatic rings. The van der Waals surface area contributed by atoms with Crippen molar-refractivity contribution in [1.82, 2.24) is 16.0 Å². The summed E-state index contributed by atoms with van der Waals surface area (Å²) in [7, 11) is 0. The Balaban J connectivity index is 4.85. The van der Waals surface area contributed by atoms with E-state index in [-0.39, 0.29) is 31.2 Å². The molecular formula is C16H31N7O5S2. The van der Waals surface area contributed by atoms with Crippen LogP contribution < -0.4 is 33.2 Å². The number of thiol groups is 1. The number of carboxylic acids is 1. The van der Waals surface area contributed by atoms with Crippen molar-refractivity contribution >= 4 is 54.0 Å². The highest BCUT2D eigenvalue weighted by molar-refractivity contribution is 7.98. The quantitative estimate of drug-likeness (QED) is 0.0542. The molecule has 0 heterocycles. The molecule has 0 aromatic heterocycles. The molecule has 12 nitrogen and oxygen atoms in total. The van der Waals surface area contributed by atoms with E-state index >= 15 is 0 Å². The largest absolute Gasteiger partial charge is 0.480 e. The average molecular weight is 466 g/mol. The Labute approximate surface area is 184 Å². The number of guanidine groups is 1. The molecule has 0 radical (unpaired) electrons. The average Bonchev–Trinajstić information content (AvgIpc) is 2.69. The summed E-state index contributed by atoms with van der Waals surface area (Å²) in [4.78, 5) is 51.4. The molecule has 3 unspecified atom stereocenters. The first kappa shape index (κ1) is 27.8. The Morgan fingerprint density at radius 1 is 1.10 bits per heavy atom. The highest BCUT2D eigenvalue weighted by Gasteiger charge is 2.25. The van der Waals surface area contributed by atoms with Gasteiger partial charge in [0, 0.05) is 12.3 Å². The number of hydrogen-bond donors (Lipinski definition) is 8. The predicted molar refractivity (Wildman–Crippen MR) is 119 cm³/mol. The first-order valence-electron chi connectivity index (χ1n) is 9.13. The maximum absolute atomic E-state index is 12.4. The van der Waals surface area contributed by atoms with Gasteiger partial charge in [0.25, 0.3) is 0 Å². The second-order valence-electron chi connectivity index (χ2n) is 6.26. The van der Waals surface area contributed by atoms with Gasteiger partial charge in [0.1, 0.15) is 12.1 Å². The van der Waals surface area contributed by atoms with E-state index in [0.717, 1.165) is 0 Å². The molecule has 0 saturated heterocycles. The lowest BCUT2D eigenvalue weighted by Gasteiger charge is -2.21. The predicted octanol–water partition coefficient (Wildman–Crippen LogP) is -2.78. The lowest BCUT2D eigenvalue weighted by Crippen LogP contribution is -2.54. The van der Waals surface area contributed by atoms with Gasteiger partial charge >= 0.3 is 5.97 Å². The standard InChI is InChI=1S/C16H31N7O5S2/c1-30-6-4-9(17)13(25)21-7-12(24)22-10(3-2-5-20-16(18)19)14(26)23-11(8-29)15(27)28/h9-11,29H,2-8,17H2,1H3,(H,21,25)(H,22,24)(H,23,26)(H,27,28)(H4,18,19,20). The second kappa shape index (κ2) is 15.6. The minimum atomic E-state index is -1.25. The van der Waals surface area contributed by atoms with Crippen molar-refractivity contribution in [2.24, 2.45) is 22.2 Å². The molecule has 0 aromatic carbocycles. The first-order valence-corrected chi connectivity index (χ1v) is 11.2. The fourth-order valence-corrected chi connectivity index (χ4v) is 2.89. The van der Waals surface area contributed by atoms with E-state index in [4.69, 9.17) is 22.3 Å². The summed E-state index contributed by atoms with van der Waals surface area (Å²) in [6.07, 6.45) is 2.85. The third-order valence-electron chi connectivity index (χ3n) is 3.79. The van der Waals surface area contributed by atoms with Crippen LogP contribution in [0.5, 0.6) is 0 Å². The Hall–Kier alpha value is -2.19. The molecule has 10 N–H and O–H groups in total. The van der Waals surface area contributed by atoms with Crippen molar-refractivity contribution in [3.05, 3.63) is 0 Å². The summed E-state index contributed by atoms with van der Waals surface area (Å²) in [5, 5.41) is 16.2. The number of hydrogen-bond acceptors (Lipinski definition) is 8. The van der Waals surface area contributed by atoms with E-state index < -0.39 is 41.8 Å². The molecule has 0 aliphatic heterocycles. The van der Waals surface area contributed by atoms with Crippen LogP contribution in [-0.4, -0.2) is 83.7 Å². The molecule has 14 heteroatoms. The van der Waals surface area contributed by atoms with Gasteiger partial charge in [0.05, 0.1) is 12.6 Å². The van der Waals surface area contributed by atoms with Crippen LogP contribution in [0.2, 0.25) is 0 Å². The number of carbonyl (C=O) groups is 4. The molecule has 172 valence electrons. The molecule has 30 heavy (non-hydrogen) atoms. The molecular weight excluding hydrogens is 434 g/mol. The van der Waals surface area contributed by atoms with E-state index in [1.807, 2.05) is 6.26 Å². The van der Waals surface area contributed by atoms with Crippen molar-refractivity contribution in [1.29, 1.82) is 0 Å². The molecule has 0 aromatic rings.